The highest BCUT2D eigenvalue weighted by Gasteiger charge is 2.45. The van der Waals surface area contributed by atoms with Gasteiger partial charge in [0.2, 0.25) is 5.95 Å². The van der Waals surface area contributed by atoms with Gasteiger partial charge in [-0.05, 0) is 52.7 Å². The van der Waals surface area contributed by atoms with Gasteiger partial charge in [0.15, 0.2) is 0 Å². The van der Waals surface area contributed by atoms with E-state index in [1.165, 1.54) is 12.1 Å². The van der Waals surface area contributed by atoms with Crippen molar-refractivity contribution in [3.8, 4) is 0 Å². The molecule has 4 rings (SSSR count). The predicted molar refractivity (Wildman–Crippen MR) is 124 cm³/mol. The Hall–Kier alpha value is -1.98. The quantitative estimate of drug-likeness (QED) is 0.378. The molecule has 1 N–H and O–H groups in total. The summed E-state index contributed by atoms with van der Waals surface area (Å²) in [6.45, 7) is 1.58. The molecule has 1 atom stereocenters. The molecule has 0 amide bonds. The number of aromatic nitrogens is 2. The van der Waals surface area contributed by atoms with Gasteiger partial charge < -0.3 is 10.0 Å². The van der Waals surface area contributed by atoms with Gasteiger partial charge in [0, 0.05) is 29.5 Å². The molecule has 1 aromatic heterocycles. The van der Waals surface area contributed by atoms with Crippen molar-refractivity contribution in [2.45, 2.75) is 22.1 Å². The number of rotatable bonds is 6. The molecule has 7 nitrogen and oxygen atoms in total. The molecule has 1 aliphatic rings. The number of halogens is 1. The number of aliphatic hydroxyl groups excluding tert-OH is 1. The second-order valence-electron chi connectivity index (χ2n) is 7.46. The van der Waals surface area contributed by atoms with Crippen molar-refractivity contribution < 1.29 is 17.7 Å². The molecule has 2 heterocycles. The molecule has 0 saturated carbocycles. The second kappa shape index (κ2) is 8.51. The highest BCUT2D eigenvalue weighted by atomic mass is 79.9. The first-order valence-electron chi connectivity index (χ1n) is 9.40. The zero-order valence-corrected chi connectivity index (χ0v) is 19.9. The number of thiol groups is 1. The number of nitrogens with zero attached hydrogens (tertiary/aromatic N) is 3. The Labute approximate surface area is 194 Å². The fourth-order valence-electron chi connectivity index (χ4n) is 3.56. The van der Waals surface area contributed by atoms with Gasteiger partial charge in [-0.1, -0.05) is 23.8 Å². The van der Waals surface area contributed by atoms with Crippen molar-refractivity contribution in [1.29, 1.82) is 0 Å². The van der Waals surface area contributed by atoms with Crippen molar-refractivity contribution in [3.05, 3.63) is 70.5 Å². The maximum atomic E-state index is 12.8. The highest BCUT2D eigenvalue weighted by molar-refractivity contribution is 9.10. The summed E-state index contributed by atoms with van der Waals surface area (Å²) in [5.74, 6) is 0.431. The minimum Gasteiger partial charge on any atom is -0.395 e. The third-order valence-electron chi connectivity index (χ3n) is 5.26. The molecular weight excluding hydrogens is 502 g/mol. The van der Waals surface area contributed by atoms with E-state index in [9.17, 15) is 13.5 Å². The Bertz CT molecular complexity index is 1200. The molecule has 10 heteroatoms. The first kappa shape index (κ1) is 22.2. The smallest absolute Gasteiger partial charge is 0.297 e. The van der Waals surface area contributed by atoms with E-state index in [1.54, 1.807) is 30.6 Å². The van der Waals surface area contributed by atoms with Crippen LogP contribution in [0.4, 0.5) is 11.6 Å². The topological polar surface area (TPSA) is 92.6 Å². The van der Waals surface area contributed by atoms with Crippen LogP contribution in [0.2, 0.25) is 0 Å². The average Bonchev–Trinajstić information content (AvgIpc) is 3.07. The van der Waals surface area contributed by atoms with Gasteiger partial charge in [0.1, 0.15) is 0 Å². The van der Waals surface area contributed by atoms with E-state index in [0.717, 1.165) is 26.2 Å². The van der Waals surface area contributed by atoms with Crippen LogP contribution in [0.1, 0.15) is 11.1 Å². The molecule has 2 aromatic carbocycles. The van der Waals surface area contributed by atoms with Crippen LogP contribution in [-0.2, 0) is 19.7 Å². The number of hydrogen-bond donors (Lipinski definition) is 2. The number of anilines is 2. The Morgan fingerprint density at radius 2 is 1.87 bits per heavy atom. The zero-order valence-electron chi connectivity index (χ0n) is 16.6. The van der Waals surface area contributed by atoms with Gasteiger partial charge in [0.05, 0.1) is 28.0 Å². The molecular formula is C21H20BrN3O4S2. The van der Waals surface area contributed by atoms with Gasteiger partial charge in [-0.25, -0.2) is 9.97 Å². The van der Waals surface area contributed by atoms with Crippen molar-refractivity contribution in [2.24, 2.45) is 0 Å². The van der Waals surface area contributed by atoms with Crippen LogP contribution < -0.4 is 4.90 Å². The molecule has 1 aliphatic heterocycles. The maximum Gasteiger partial charge on any atom is 0.297 e. The minimum atomic E-state index is -3.99. The summed E-state index contributed by atoms with van der Waals surface area (Å²) < 4.78 is 31.7. The van der Waals surface area contributed by atoms with E-state index in [2.05, 4.69) is 38.5 Å². The standard InChI is InChI=1S/C21H20BrN3O4S2/c1-14-2-5-17(6-3-14)31(27,28)29-13-21(12-26)11-25(20-23-9-15(22)10-24-20)19-8-16(30)4-7-18(19)21/h2-10,26,30H,11-13H2,1H3. The van der Waals surface area contributed by atoms with Gasteiger partial charge in [-0.3, -0.25) is 4.18 Å². The zero-order chi connectivity index (χ0) is 22.2. The maximum absolute atomic E-state index is 12.8. The lowest BCUT2D eigenvalue weighted by Gasteiger charge is -2.27. The molecule has 31 heavy (non-hydrogen) atoms. The Morgan fingerprint density at radius 1 is 1.19 bits per heavy atom. The highest BCUT2D eigenvalue weighted by Crippen LogP contribution is 2.45. The number of fused-ring (bicyclic) bond motifs is 1. The number of aryl methyl sites for hydroxylation is 1. The molecule has 0 fully saturated rings. The summed E-state index contributed by atoms with van der Waals surface area (Å²) in [6.07, 6.45) is 3.26. The van der Waals surface area contributed by atoms with Gasteiger partial charge >= 0.3 is 0 Å². The molecule has 0 saturated heterocycles. The van der Waals surface area contributed by atoms with Crippen molar-refractivity contribution in [1.82, 2.24) is 9.97 Å². The second-order valence-corrected chi connectivity index (χ2v) is 10.5. The Balaban J connectivity index is 1.69. The molecule has 3 aromatic rings. The van der Waals surface area contributed by atoms with Crippen LogP contribution in [0.25, 0.3) is 0 Å². The number of hydrogen-bond acceptors (Lipinski definition) is 8. The first-order chi connectivity index (χ1) is 14.7. The van der Waals surface area contributed by atoms with E-state index < -0.39 is 15.5 Å². The van der Waals surface area contributed by atoms with Gasteiger partial charge in [0.25, 0.3) is 10.1 Å². The number of aliphatic hydroxyl groups is 1. The first-order valence-corrected chi connectivity index (χ1v) is 12.0. The van der Waals surface area contributed by atoms with Crippen LogP contribution >= 0.6 is 28.6 Å². The molecule has 0 aliphatic carbocycles. The summed E-state index contributed by atoms with van der Waals surface area (Å²) in [5, 5.41) is 10.4. The average molecular weight is 522 g/mol. The van der Waals surface area contributed by atoms with Crippen LogP contribution in [0.5, 0.6) is 0 Å². The van der Waals surface area contributed by atoms with E-state index >= 15 is 0 Å². The summed E-state index contributed by atoms with van der Waals surface area (Å²) in [4.78, 5) is 11.3. The monoisotopic (exact) mass is 521 g/mol. The summed E-state index contributed by atoms with van der Waals surface area (Å²) in [5.41, 5.74) is 1.46. The SMILES string of the molecule is Cc1ccc(S(=O)(=O)OCC2(CO)CN(c3ncc(Br)cn3)c3cc(S)ccc32)cc1. The summed E-state index contributed by atoms with van der Waals surface area (Å²) in [7, 11) is -3.99. The van der Waals surface area contributed by atoms with Crippen molar-refractivity contribution >= 4 is 50.3 Å². The largest absolute Gasteiger partial charge is 0.395 e. The molecule has 0 spiro atoms. The van der Waals surface area contributed by atoms with Gasteiger partial charge in [-0.15, -0.1) is 12.6 Å². The summed E-state index contributed by atoms with van der Waals surface area (Å²) in [6, 6.07) is 11.9. The molecule has 1 unspecified atom stereocenters. The van der Waals surface area contributed by atoms with Crippen LogP contribution in [0, 0.1) is 6.92 Å². The molecule has 162 valence electrons. The Kier molecular flexibility index (Phi) is 6.10. The molecule has 0 bridgehead atoms. The van der Waals surface area contributed by atoms with E-state index in [1.807, 2.05) is 24.0 Å². The third-order valence-corrected chi connectivity index (χ3v) is 7.22. The lowest BCUT2D eigenvalue weighted by molar-refractivity contribution is 0.143. The van der Waals surface area contributed by atoms with Crippen LogP contribution in [-0.4, -0.2) is 43.3 Å². The van der Waals surface area contributed by atoms with Crippen LogP contribution in [0.3, 0.4) is 0 Å². The van der Waals surface area contributed by atoms with Crippen molar-refractivity contribution in [3.63, 3.8) is 0 Å². The summed E-state index contributed by atoms with van der Waals surface area (Å²) >= 11 is 7.75. The fraction of sp³-hybridized carbons (Fsp3) is 0.238. The lowest BCUT2D eigenvalue weighted by atomic mass is 9.84. The lowest BCUT2D eigenvalue weighted by Crippen LogP contribution is -2.40. The van der Waals surface area contributed by atoms with E-state index in [4.69, 9.17) is 4.18 Å². The predicted octanol–water partition coefficient (Wildman–Crippen LogP) is 3.62. The third kappa shape index (κ3) is 4.35. The normalized spacial score (nSPS) is 18.3. The van der Waals surface area contributed by atoms with Crippen LogP contribution in [0.15, 0.2) is 69.1 Å². The van der Waals surface area contributed by atoms with Gasteiger partial charge in [-0.2, -0.15) is 8.42 Å². The fourth-order valence-corrected chi connectivity index (χ4v) is 4.94. The molecule has 0 radical (unpaired) electrons. The number of benzene rings is 2. The van der Waals surface area contributed by atoms with Crippen molar-refractivity contribution in [2.75, 3.05) is 24.7 Å². The van der Waals surface area contributed by atoms with E-state index in [0.29, 0.717) is 5.95 Å². The minimum absolute atomic E-state index is 0.0724. The van der Waals surface area contributed by atoms with E-state index in [-0.39, 0.29) is 24.7 Å². The Morgan fingerprint density at radius 3 is 2.52 bits per heavy atom.